The van der Waals surface area contributed by atoms with Crippen molar-refractivity contribution in [1.29, 1.82) is 0 Å². The summed E-state index contributed by atoms with van der Waals surface area (Å²) >= 11 is 1.27. The summed E-state index contributed by atoms with van der Waals surface area (Å²) in [5.41, 5.74) is 8.98. The van der Waals surface area contributed by atoms with Gasteiger partial charge >= 0.3 is 0 Å². The van der Waals surface area contributed by atoms with Crippen LogP contribution < -0.4 is 15.8 Å². The number of nitrogens with zero attached hydrogens (tertiary/aromatic N) is 2. The Morgan fingerprint density at radius 2 is 2.04 bits per heavy atom. The molecule has 0 aliphatic heterocycles. The van der Waals surface area contributed by atoms with Gasteiger partial charge in [0.1, 0.15) is 15.5 Å². The van der Waals surface area contributed by atoms with E-state index >= 15 is 0 Å². The van der Waals surface area contributed by atoms with E-state index in [2.05, 4.69) is 15.3 Å². The molecule has 0 unspecified atom stereocenters. The molecular formula is C21H18N4O2S. The Morgan fingerprint density at radius 3 is 2.82 bits per heavy atom. The number of hydrogen-bond acceptors (Lipinski definition) is 6. The Balaban J connectivity index is 1.67. The molecule has 1 amide bonds. The predicted octanol–water partition coefficient (Wildman–Crippen LogP) is 4.59. The molecule has 3 heterocycles. The molecule has 6 nitrogen and oxygen atoms in total. The van der Waals surface area contributed by atoms with Gasteiger partial charge < -0.3 is 15.8 Å². The topological polar surface area (TPSA) is 90.1 Å². The number of nitrogens with two attached hydrogens (primary N) is 1. The number of thiophene rings is 1. The zero-order valence-electron chi connectivity index (χ0n) is 15.2. The SMILES string of the molecule is CCOc1ccccc1NC(=O)c1sc2nc(-c3cccnc3)ccc2c1N. The largest absolute Gasteiger partial charge is 0.492 e. The van der Waals surface area contributed by atoms with Crippen molar-refractivity contribution < 1.29 is 9.53 Å². The number of rotatable bonds is 5. The normalized spacial score (nSPS) is 10.8. The number of nitrogen functional groups attached to an aromatic ring is 1. The second-order valence-electron chi connectivity index (χ2n) is 6.02. The molecule has 3 N–H and O–H groups in total. The van der Waals surface area contributed by atoms with Gasteiger partial charge in [0.25, 0.3) is 5.91 Å². The molecule has 4 aromatic rings. The molecule has 0 bridgehead atoms. The first-order valence-corrected chi connectivity index (χ1v) is 9.61. The Labute approximate surface area is 166 Å². The third-order valence-electron chi connectivity index (χ3n) is 4.19. The van der Waals surface area contributed by atoms with Gasteiger partial charge in [-0.05, 0) is 43.3 Å². The lowest BCUT2D eigenvalue weighted by Gasteiger charge is -2.10. The molecule has 4 rings (SSSR count). The number of fused-ring (bicyclic) bond motifs is 1. The van der Waals surface area contributed by atoms with E-state index in [1.165, 1.54) is 11.3 Å². The average molecular weight is 390 g/mol. The van der Waals surface area contributed by atoms with Gasteiger partial charge in [0.15, 0.2) is 0 Å². The lowest BCUT2D eigenvalue weighted by atomic mass is 10.1. The summed E-state index contributed by atoms with van der Waals surface area (Å²) in [5, 5.41) is 3.65. The Morgan fingerprint density at radius 1 is 1.18 bits per heavy atom. The number of anilines is 2. The third kappa shape index (κ3) is 3.39. The molecule has 0 radical (unpaired) electrons. The van der Waals surface area contributed by atoms with Gasteiger partial charge in [-0.1, -0.05) is 12.1 Å². The fourth-order valence-corrected chi connectivity index (χ4v) is 3.86. The molecule has 0 fully saturated rings. The number of benzene rings is 1. The van der Waals surface area contributed by atoms with Crippen molar-refractivity contribution in [2.75, 3.05) is 17.7 Å². The Kier molecular flexibility index (Phi) is 4.90. The maximum atomic E-state index is 12.8. The monoisotopic (exact) mass is 390 g/mol. The first-order valence-electron chi connectivity index (χ1n) is 8.80. The molecule has 0 aliphatic rings. The van der Waals surface area contributed by atoms with Crippen LogP contribution >= 0.6 is 11.3 Å². The van der Waals surface area contributed by atoms with E-state index in [4.69, 9.17) is 10.5 Å². The lowest BCUT2D eigenvalue weighted by Crippen LogP contribution is -2.13. The molecule has 0 saturated heterocycles. The van der Waals surface area contributed by atoms with Crippen molar-refractivity contribution in [2.24, 2.45) is 0 Å². The average Bonchev–Trinajstić information content (AvgIpc) is 3.06. The molecule has 0 aliphatic carbocycles. The molecule has 0 atom stereocenters. The third-order valence-corrected chi connectivity index (χ3v) is 5.31. The number of carbonyl (C=O) groups excluding carboxylic acids is 1. The predicted molar refractivity (Wildman–Crippen MR) is 113 cm³/mol. The number of amides is 1. The van der Waals surface area contributed by atoms with Crippen LogP contribution in [0.25, 0.3) is 21.5 Å². The highest BCUT2D eigenvalue weighted by atomic mass is 32.1. The second kappa shape index (κ2) is 7.66. The zero-order chi connectivity index (χ0) is 19.5. The maximum Gasteiger partial charge on any atom is 0.268 e. The van der Waals surface area contributed by atoms with E-state index in [0.717, 1.165) is 16.6 Å². The van der Waals surface area contributed by atoms with Gasteiger partial charge in [-0.3, -0.25) is 9.78 Å². The highest BCUT2D eigenvalue weighted by Gasteiger charge is 2.19. The summed E-state index contributed by atoms with van der Waals surface area (Å²) in [6.45, 7) is 2.41. The first-order chi connectivity index (χ1) is 13.7. The van der Waals surface area contributed by atoms with Gasteiger partial charge in [-0.25, -0.2) is 4.98 Å². The van der Waals surface area contributed by atoms with Crippen LogP contribution in [0.4, 0.5) is 11.4 Å². The zero-order valence-corrected chi connectivity index (χ0v) is 16.0. The number of hydrogen-bond donors (Lipinski definition) is 2. The van der Waals surface area contributed by atoms with Gasteiger partial charge in [0.2, 0.25) is 0 Å². The van der Waals surface area contributed by atoms with E-state index in [1.54, 1.807) is 18.5 Å². The molecule has 0 saturated carbocycles. The minimum absolute atomic E-state index is 0.282. The van der Waals surface area contributed by atoms with Gasteiger partial charge in [-0.2, -0.15) is 0 Å². The molecule has 1 aromatic carbocycles. The van der Waals surface area contributed by atoms with Crippen LogP contribution in [0.15, 0.2) is 60.9 Å². The van der Waals surface area contributed by atoms with Crippen LogP contribution in [0.5, 0.6) is 5.75 Å². The van der Waals surface area contributed by atoms with Crippen molar-refractivity contribution >= 4 is 38.8 Å². The Hall–Kier alpha value is -3.45. The van der Waals surface area contributed by atoms with E-state index in [0.29, 0.717) is 33.4 Å². The summed E-state index contributed by atoms with van der Waals surface area (Å²) in [6, 6.07) is 14.9. The molecule has 7 heteroatoms. The Bertz CT molecular complexity index is 1140. The summed E-state index contributed by atoms with van der Waals surface area (Å²) in [6.07, 6.45) is 3.47. The number of aromatic nitrogens is 2. The van der Waals surface area contributed by atoms with Crippen molar-refractivity contribution in [3.63, 3.8) is 0 Å². The van der Waals surface area contributed by atoms with Crippen molar-refractivity contribution in [2.45, 2.75) is 6.92 Å². The molecule has 28 heavy (non-hydrogen) atoms. The lowest BCUT2D eigenvalue weighted by molar-refractivity contribution is 0.103. The maximum absolute atomic E-state index is 12.8. The van der Waals surface area contributed by atoms with Gasteiger partial charge in [0, 0.05) is 23.3 Å². The van der Waals surface area contributed by atoms with Crippen molar-refractivity contribution in [3.05, 3.63) is 65.8 Å². The molecule has 140 valence electrons. The summed E-state index contributed by atoms with van der Waals surface area (Å²) in [4.78, 5) is 22.8. The molecule has 0 spiro atoms. The number of para-hydroxylation sites is 2. The van der Waals surface area contributed by atoms with E-state index in [9.17, 15) is 4.79 Å². The van der Waals surface area contributed by atoms with E-state index in [-0.39, 0.29) is 5.91 Å². The fourth-order valence-electron chi connectivity index (χ4n) is 2.87. The highest BCUT2D eigenvalue weighted by molar-refractivity contribution is 7.21. The number of carbonyl (C=O) groups is 1. The summed E-state index contributed by atoms with van der Waals surface area (Å²) in [5.74, 6) is 0.339. The highest BCUT2D eigenvalue weighted by Crippen LogP contribution is 2.35. The summed E-state index contributed by atoms with van der Waals surface area (Å²) in [7, 11) is 0. The molecule has 3 aromatic heterocycles. The first kappa shape index (κ1) is 17.9. The number of nitrogens with one attached hydrogen (secondary N) is 1. The van der Waals surface area contributed by atoms with E-state index in [1.807, 2.05) is 49.4 Å². The number of pyridine rings is 2. The standard InChI is InChI=1S/C21H18N4O2S/c1-2-27-17-8-4-3-7-16(17)24-20(26)19-18(22)14-9-10-15(25-21(14)28-19)13-6-5-11-23-12-13/h3-12H,2,22H2,1H3,(H,24,26). The minimum atomic E-state index is -0.282. The summed E-state index contributed by atoms with van der Waals surface area (Å²) < 4.78 is 5.57. The van der Waals surface area contributed by atoms with Crippen LogP contribution in [-0.4, -0.2) is 22.5 Å². The fraction of sp³-hybridized carbons (Fsp3) is 0.0952. The van der Waals surface area contributed by atoms with Crippen molar-refractivity contribution in [1.82, 2.24) is 9.97 Å². The minimum Gasteiger partial charge on any atom is -0.492 e. The van der Waals surface area contributed by atoms with Crippen LogP contribution in [0, 0.1) is 0 Å². The second-order valence-corrected chi connectivity index (χ2v) is 7.02. The van der Waals surface area contributed by atoms with Crippen molar-refractivity contribution in [3.8, 4) is 17.0 Å². The smallest absolute Gasteiger partial charge is 0.268 e. The van der Waals surface area contributed by atoms with Gasteiger partial charge in [-0.15, -0.1) is 11.3 Å². The van der Waals surface area contributed by atoms with Crippen LogP contribution in [0.2, 0.25) is 0 Å². The van der Waals surface area contributed by atoms with Crippen LogP contribution in [-0.2, 0) is 0 Å². The van der Waals surface area contributed by atoms with Gasteiger partial charge in [0.05, 0.1) is 23.7 Å². The molecular weight excluding hydrogens is 372 g/mol. The number of ether oxygens (including phenoxy) is 1. The van der Waals surface area contributed by atoms with Crippen LogP contribution in [0.3, 0.4) is 0 Å². The van der Waals surface area contributed by atoms with Crippen LogP contribution in [0.1, 0.15) is 16.6 Å². The van der Waals surface area contributed by atoms with E-state index < -0.39 is 0 Å². The quantitative estimate of drug-likeness (QED) is 0.520.